The molecule has 0 radical (unpaired) electrons. The summed E-state index contributed by atoms with van der Waals surface area (Å²) in [5, 5.41) is 0. The molecule has 0 aromatic heterocycles. The second kappa shape index (κ2) is 11.3. The molecule has 0 N–H and O–H groups in total. The van der Waals surface area contributed by atoms with E-state index in [1.807, 2.05) is 24.8 Å². The van der Waals surface area contributed by atoms with E-state index >= 15 is 0 Å². The molecule has 30 heavy (non-hydrogen) atoms. The lowest BCUT2D eigenvalue weighted by atomic mass is 10.2. The second-order valence-electron chi connectivity index (χ2n) is 8.73. The van der Waals surface area contributed by atoms with Crippen LogP contribution in [-0.4, -0.2) is 97.1 Å². The molecule has 3 rings (SSSR count). The number of hydrogen-bond donors (Lipinski definition) is 0. The number of carbonyl (C=O) groups excluding carboxylic acids is 2. The monoisotopic (exact) mass is 416 g/mol. The van der Waals surface area contributed by atoms with Gasteiger partial charge in [0.25, 0.3) is 0 Å². The van der Waals surface area contributed by atoms with Crippen LogP contribution in [0.5, 0.6) is 0 Å². The molecule has 7 heteroatoms. The summed E-state index contributed by atoms with van der Waals surface area (Å²) in [7, 11) is 0. The van der Waals surface area contributed by atoms with Crippen LogP contribution in [0, 0.1) is 5.92 Å². The van der Waals surface area contributed by atoms with Gasteiger partial charge in [-0.15, -0.1) is 0 Å². The molecule has 0 saturated carbocycles. The molecule has 2 fully saturated rings. The van der Waals surface area contributed by atoms with Gasteiger partial charge in [-0.25, -0.2) is 4.79 Å². The van der Waals surface area contributed by atoms with Crippen LogP contribution in [0.25, 0.3) is 0 Å². The van der Waals surface area contributed by atoms with Gasteiger partial charge in [0, 0.05) is 58.9 Å². The summed E-state index contributed by atoms with van der Waals surface area (Å²) in [6, 6.07) is 10.5. The van der Waals surface area contributed by atoms with Gasteiger partial charge in [-0.1, -0.05) is 44.2 Å². The van der Waals surface area contributed by atoms with Crippen LogP contribution in [0.15, 0.2) is 30.3 Å². The van der Waals surface area contributed by atoms with E-state index in [9.17, 15) is 9.59 Å². The lowest BCUT2D eigenvalue weighted by molar-refractivity contribution is -0.134. The third-order valence-corrected chi connectivity index (χ3v) is 5.72. The van der Waals surface area contributed by atoms with Gasteiger partial charge in [-0.2, -0.15) is 0 Å². The Morgan fingerprint density at radius 2 is 1.53 bits per heavy atom. The summed E-state index contributed by atoms with van der Waals surface area (Å²) in [6.07, 6.45) is 0.640. The minimum atomic E-state index is -0.230. The molecular formula is C23H36N4O3. The van der Waals surface area contributed by atoms with E-state index in [-0.39, 0.29) is 12.0 Å². The molecule has 166 valence electrons. The summed E-state index contributed by atoms with van der Waals surface area (Å²) in [5.74, 6) is 0.536. The zero-order valence-electron chi connectivity index (χ0n) is 18.5. The van der Waals surface area contributed by atoms with Crippen molar-refractivity contribution in [2.45, 2.75) is 26.8 Å². The van der Waals surface area contributed by atoms with Crippen LogP contribution < -0.4 is 0 Å². The Kier molecular flexibility index (Phi) is 8.51. The molecule has 1 aromatic carbocycles. The standard InChI is InChI=1S/C23H36N4O3/c1-20(2)19-30-23(29)27-10-6-9-24(13-16-27)18-22(28)26-14-11-25(12-15-26)17-21-7-4-3-5-8-21/h3-5,7-8,20H,6,9-19H2,1-2H3. The summed E-state index contributed by atoms with van der Waals surface area (Å²) in [5.41, 5.74) is 1.32. The van der Waals surface area contributed by atoms with Gasteiger partial charge in [0.05, 0.1) is 13.2 Å². The number of carbonyl (C=O) groups is 2. The number of piperazine rings is 1. The summed E-state index contributed by atoms with van der Waals surface area (Å²) in [6.45, 7) is 12.2. The average molecular weight is 417 g/mol. The third-order valence-electron chi connectivity index (χ3n) is 5.72. The number of hydrogen-bond acceptors (Lipinski definition) is 5. The quantitative estimate of drug-likeness (QED) is 0.711. The van der Waals surface area contributed by atoms with Crippen LogP contribution >= 0.6 is 0 Å². The van der Waals surface area contributed by atoms with Crippen LogP contribution in [0.4, 0.5) is 4.79 Å². The predicted octanol–water partition coefficient (Wildman–Crippen LogP) is 2.13. The van der Waals surface area contributed by atoms with Gasteiger partial charge >= 0.3 is 6.09 Å². The molecule has 2 amide bonds. The smallest absolute Gasteiger partial charge is 0.409 e. The summed E-state index contributed by atoms with van der Waals surface area (Å²) >= 11 is 0. The highest BCUT2D eigenvalue weighted by atomic mass is 16.6. The molecule has 1 aromatic rings. The first-order valence-electron chi connectivity index (χ1n) is 11.2. The van der Waals surface area contributed by atoms with Crippen molar-refractivity contribution in [1.82, 2.24) is 19.6 Å². The molecule has 0 spiro atoms. The van der Waals surface area contributed by atoms with Gasteiger partial charge in [-0.05, 0) is 17.9 Å². The first-order valence-corrected chi connectivity index (χ1v) is 11.2. The Balaban J connectivity index is 1.38. The Bertz CT molecular complexity index is 674. The van der Waals surface area contributed by atoms with E-state index in [1.165, 1.54) is 5.56 Å². The van der Waals surface area contributed by atoms with E-state index < -0.39 is 0 Å². The molecule has 2 heterocycles. The number of rotatable bonds is 6. The van der Waals surface area contributed by atoms with Crippen molar-refractivity contribution in [3.05, 3.63) is 35.9 Å². The molecule has 0 bridgehead atoms. The third kappa shape index (κ3) is 6.99. The molecule has 0 unspecified atom stereocenters. The van der Waals surface area contributed by atoms with E-state index in [0.29, 0.717) is 32.2 Å². The zero-order valence-corrected chi connectivity index (χ0v) is 18.5. The topological polar surface area (TPSA) is 56.3 Å². The Morgan fingerprint density at radius 1 is 0.867 bits per heavy atom. The van der Waals surface area contributed by atoms with Gasteiger partial charge in [-0.3, -0.25) is 14.6 Å². The van der Waals surface area contributed by atoms with Gasteiger partial charge < -0.3 is 14.5 Å². The Labute approximate surface area is 180 Å². The minimum absolute atomic E-state index is 0.199. The second-order valence-corrected chi connectivity index (χ2v) is 8.73. The lowest BCUT2D eigenvalue weighted by Gasteiger charge is -2.35. The number of benzene rings is 1. The summed E-state index contributed by atoms with van der Waals surface area (Å²) in [4.78, 5) is 33.3. The van der Waals surface area contributed by atoms with Crippen LogP contribution in [0.2, 0.25) is 0 Å². The SMILES string of the molecule is CC(C)COC(=O)N1CCCN(CC(=O)N2CCN(Cc3ccccc3)CC2)CC1. The first-order chi connectivity index (χ1) is 14.5. The van der Waals surface area contributed by atoms with E-state index in [0.717, 1.165) is 52.2 Å². The molecule has 0 aliphatic carbocycles. The van der Waals surface area contributed by atoms with Crippen molar-refractivity contribution < 1.29 is 14.3 Å². The zero-order chi connectivity index (χ0) is 21.3. The lowest BCUT2D eigenvalue weighted by Crippen LogP contribution is -2.51. The van der Waals surface area contributed by atoms with Crippen molar-refractivity contribution in [2.75, 3.05) is 65.5 Å². The molecule has 7 nitrogen and oxygen atoms in total. The maximum atomic E-state index is 12.8. The van der Waals surface area contributed by atoms with E-state index in [1.54, 1.807) is 4.90 Å². The molecule has 2 aliphatic heterocycles. The fourth-order valence-electron chi connectivity index (χ4n) is 3.93. The molecular weight excluding hydrogens is 380 g/mol. The minimum Gasteiger partial charge on any atom is -0.449 e. The predicted molar refractivity (Wildman–Crippen MR) is 117 cm³/mol. The fraction of sp³-hybridized carbons (Fsp3) is 0.652. The highest BCUT2D eigenvalue weighted by molar-refractivity contribution is 5.78. The Morgan fingerprint density at radius 3 is 2.23 bits per heavy atom. The maximum absolute atomic E-state index is 12.8. The Hall–Kier alpha value is -2.12. The van der Waals surface area contributed by atoms with Crippen molar-refractivity contribution in [3.8, 4) is 0 Å². The molecule has 2 saturated heterocycles. The van der Waals surface area contributed by atoms with Gasteiger partial charge in [0.1, 0.15) is 0 Å². The number of amides is 2. The van der Waals surface area contributed by atoms with Crippen LogP contribution in [0.3, 0.4) is 0 Å². The van der Waals surface area contributed by atoms with Crippen LogP contribution in [-0.2, 0) is 16.1 Å². The number of ether oxygens (including phenoxy) is 1. The van der Waals surface area contributed by atoms with Gasteiger partial charge in [0.2, 0.25) is 5.91 Å². The van der Waals surface area contributed by atoms with Crippen molar-refractivity contribution >= 4 is 12.0 Å². The largest absolute Gasteiger partial charge is 0.449 e. The van der Waals surface area contributed by atoms with Crippen molar-refractivity contribution in [2.24, 2.45) is 5.92 Å². The fourth-order valence-corrected chi connectivity index (χ4v) is 3.93. The first kappa shape index (κ1) is 22.6. The van der Waals surface area contributed by atoms with Crippen LogP contribution in [0.1, 0.15) is 25.8 Å². The summed E-state index contributed by atoms with van der Waals surface area (Å²) < 4.78 is 5.35. The number of nitrogens with zero attached hydrogens (tertiary/aromatic N) is 4. The normalized spacial score (nSPS) is 19.0. The van der Waals surface area contributed by atoms with E-state index in [2.05, 4.69) is 34.1 Å². The highest BCUT2D eigenvalue weighted by Gasteiger charge is 2.25. The maximum Gasteiger partial charge on any atom is 0.409 e. The van der Waals surface area contributed by atoms with Crippen molar-refractivity contribution in [1.29, 1.82) is 0 Å². The van der Waals surface area contributed by atoms with Crippen molar-refractivity contribution in [3.63, 3.8) is 0 Å². The highest BCUT2D eigenvalue weighted by Crippen LogP contribution is 2.10. The van der Waals surface area contributed by atoms with E-state index in [4.69, 9.17) is 4.74 Å². The average Bonchev–Trinajstić information content (AvgIpc) is 2.99. The van der Waals surface area contributed by atoms with Gasteiger partial charge in [0.15, 0.2) is 0 Å². The molecule has 0 atom stereocenters. The molecule has 2 aliphatic rings.